The van der Waals surface area contributed by atoms with Gasteiger partial charge in [0.05, 0.1) is 5.69 Å². The van der Waals surface area contributed by atoms with E-state index in [1.807, 2.05) is 7.05 Å². The second-order valence-corrected chi connectivity index (χ2v) is 10.9. The maximum Gasteiger partial charge on any atom is 0.200 e. The van der Waals surface area contributed by atoms with Gasteiger partial charge in [0.1, 0.15) is 11.5 Å². The predicted molar refractivity (Wildman–Crippen MR) is 125 cm³/mol. The Bertz CT molecular complexity index is 857. The van der Waals surface area contributed by atoms with Gasteiger partial charge in [-0.2, -0.15) is 0 Å². The maximum absolute atomic E-state index is 12.2. The lowest BCUT2D eigenvalue weighted by Crippen LogP contribution is -2.47. The van der Waals surface area contributed by atoms with E-state index in [-0.39, 0.29) is 41.1 Å². The lowest BCUT2D eigenvalue weighted by molar-refractivity contribution is -0.139. The number of hydrogen-bond donors (Lipinski definition) is 2. The van der Waals surface area contributed by atoms with E-state index in [4.69, 9.17) is 10.7 Å². The zero-order valence-corrected chi connectivity index (χ0v) is 20.2. The highest BCUT2D eigenvalue weighted by Gasteiger charge is 2.38. The van der Waals surface area contributed by atoms with E-state index in [1.165, 1.54) is 0 Å². The molecule has 1 aliphatic heterocycles. The number of carbonyl (C=O) groups excluding carboxylic acids is 2. The fraction of sp³-hybridized carbons (Fsp3) is 0.727. The molecule has 1 aliphatic carbocycles. The Morgan fingerprint density at radius 3 is 2.65 bits per heavy atom. The topological polar surface area (TPSA) is 106 Å². The van der Waals surface area contributed by atoms with Crippen LogP contribution in [0.15, 0.2) is 10.1 Å². The van der Waals surface area contributed by atoms with Gasteiger partial charge in [-0.1, -0.05) is 39.5 Å². The van der Waals surface area contributed by atoms with Gasteiger partial charge in [0.2, 0.25) is 0 Å². The number of fused-ring (bicyclic) bond motifs is 1. The Morgan fingerprint density at radius 2 is 1.97 bits per heavy atom. The van der Waals surface area contributed by atoms with Gasteiger partial charge >= 0.3 is 0 Å². The van der Waals surface area contributed by atoms with Crippen LogP contribution in [-0.4, -0.2) is 76.4 Å². The molecular weight excluding hydrogens is 412 g/mol. The summed E-state index contributed by atoms with van der Waals surface area (Å²) in [6.45, 7) is 12.7. The molecular formula is C22H36N6O2S. The third kappa shape index (κ3) is 5.75. The lowest BCUT2D eigenvalue weighted by atomic mass is 9.91. The number of hydrogen-bond acceptors (Lipinski definition) is 8. The van der Waals surface area contributed by atoms with Crippen LogP contribution in [0.1, 0.15) is 51.9 Å². The largest absolute Gasteiger partial charge is 0.382 e. The van der Waals surface area contributed by atoms with Crippen molar-refractivity contribution >= 4 is 29.2 Å². The summed E-state index contributed by atoms with van der Waals surface area (Å²) in [7, 11) is 2.01. The molecule has 0 aromatic carbocycles. The lowest BCUT2D eigenvalue weighted by Gasteiger charge is -2.35. The maximum atomic E-state index is 12.2. The van der Waals surface area contributed by atoms with Crippen molar-refractivity contribution in [3.63, 3.8) is 0 Å². The number of rotatable bonds is 8. The van der Waals surface area contributed by atoms with Crippen molar-refractivity contribution in [2.24, 2.45) is 16.1 Å². The van der Waals surface area contributed by atoms with E-state index in [0.717, 1.165) is 49.1 Å². The number of thioether (sulfide) groups is 1. The van der Waals surface area contributed by atoms with Crippen LogP contribution in [-0.2, 0) is 22.6 Å². The van der Waals surface area contributed by atoms with E-state index in [2.05, 4.69) is 47.5 Å². The fourth-order valence-corrected chi connectivity index (χ4v) is 5.49. The van der Waals surface area contributed by atoms with Crippen LogP contribution in [0.3, 0.4) is 0 Å². The molecule has 2 heterocycles. The molecule has 1 aromatic heterocycles. The Kier molecular flexibility index (Phi) is 7.59. The molecule has 0 spiro atoms. The Morgan fingerprint density at radius 1 is 1.26 bits per heavy atom. The van der Waals surface area contributed by atoms with Gasteiger partial charge in [-0.05, 0) is 19.0 Å². The Hall–Kier alpha value is -1.71. The summed E-state index contributed by atoms with van der Waals surface area (Å²) in [5, 5.41) is 4.38. The number of nitrogens with one attached hydrogen (secondary N) is 1. The van der Waals surface area contributed by atoms with Gasteiger partial charge in [0.15, 0.2) is 16.7 Å². The molecule has 2 unspecified atom stereocenters. The van der Waals surface area contributed by atoms with Gasteiger partial charge < -0.3 is 20.5 Å². The number of amidine groups is 1. The van der Waals surface area contributed by atoms with Crippen molar-refractivity contribution in [2.45, 2.75) is 70.0 Å². The third-order valence-electron chi connectivity index (χ3n) is 5.92. The second-order valence-electron chi connectivity index (χ2n) is 9.65. The SMILES string of the molecule is CCN(C)C1CC(=O)C(=O)CC1Sc1nc2c(n1CCNCC(C)(C)C)CCN=C2N. The van der Waals surface area contributed by atoms with E-state index in [1.54, 1.807) is 11.8 Å². The zero-order chi connectivity index (χ0) is 22.8. The van der Waals surface area contributed by atoms with Crippen LogP contribution in [0.4, 0.5) is 0 Å². The molecule has 9 heteroatoms. The zero-order valence-electron chi connectivity index (χ0n) is 19.4. The van der Waals surface area contributed by atoms with Gasteiger partial charge in [0.25, 0.3) is 0 Å². The summed E-state index contributed by atoms with van der Waals surface area (Å²) in [5.74, 6) is -0.0387. The molecule has 3 rings (SSSR count). The minimum Gasteiger partial charge on any atom is -0.382 e. The molecule has 0 amide bonds. The summed E-state index contributed by atoms with van der Waals surface area (Å²) < 4.78 is 2.24. The highest BCUT2D eigenvalue weighted by Crippen LogP contribution is 2.35. The molecule has 1 aromatic rings. The molecule has 31 heavy (non-hydrogen) atoms. The number of nitrogens with two attached hydrogens (primary N) is 1. The molecule has 172 valence electrons. The van der Waals surface area contributed by atoms with Gasteiger partial charge in [0, 0.05) is 56.7 Å². The molecule has 2 atom stereocenters. The van der Waals surface area contributed by atoms with Crippen molar-refractivity contribution in [3.8, 4) is 0 Å². The van der Waals surface area contributed by atoms with Crippen molar-refractivity contribution in [3.05, 3.63) is 11.4 Å². The first-order valence-electron chi connectivity index (χ1n) is 11.1. The smallest absolute Gasteiger partial charge is 0.200 e. The van der Waals surface area contributed by atoms with Crippen LogP contribution in [0, 0.1) is 5.41 Å². The summed E-state index contributed by atoms with van der Waals surface area (Å²) >= 11 is 1.61. The Balaban J connectivity index is 1.84. The molecule has 0 saturated heterocycles. The summed E-state index contributed by atoms with van der Waals surface area (Å²) in [6.07, 6.45) is 1.34. The van der Waals surface area contributed by atoms with Crippen LogP contribution >= 0.6 is 11.8 Å². The first-order valence-corrected chi connectivity index (χ1v) is 12.0. The highest BCUT2D eigenvalue weighted by atomic mass is 32.2. The Labute approximate surface area is 189 Å². The van der Waals surface area contributed by atoms with Crippen LogP contribution < -0.4 is 11.1 Å². The predicted octanol–water partition coefficient (Wildman–Crippen LogP) is 1.49. The van der Waals surface area contributed by atoms with Crippen molar-refractivity contribution in [2.75, 3.05) is 33.2 Å². The molecule has 1 saturated carbocycles. The van der Waals surface area contributed by atoms with E-state index in [9.17, 15) is 9.59 Å². The normalized spacial score (nSPS) is 22.1. The number of aromatic nitrogens is 2. The van der Waals surface area contributed by atoms with Crippen molar-refractivity contribution in [1.82, 2.24) is 19.8 Å². The molecule has 8 nitrogen and oxygen atoms in total. The van der Waals surface area contributed by atoms with E-state index in [0.29, 0.717) is 12.4 Å². The molecule has 0 radical (unpaired) electrons. The summed E-state index contributed by atoms with van der Waals surface area (Å²) in [6, 6.07) is 0.0207. The first-order chi connectivity index (χ1) is 14.6. The number of aliphatic imine (C=N–C) groups is 1. The minimum atomic E-state index is -0.269. The monoisotopic (exact) mass is 448 g/mol. The molecule has 2 aliphatic rings. The molecule has 0 bridgehead atoms. The number of ketones is 2. The standard InChI is InChI=1S/C22H36N6O2S/c1-6-27(5)15-11-16(29)17(30)12-18(15)31-21-26-19-14(7-8-25-20(19)23)28(21)10-9-24-13-22(2,3)4/h15,18,24H,6-13H2,1-5H3,(H2,23,25). The number of Topliss-reactive ketones (excluding diaryl/α,β-unsaturated/α-hetero) is 2. The average Bonchev–Trinajstić information content (AvgIpc) is 3.05. The van der Waals surface area contributed by atoms with Crippen molar-refractivity contribution < 1.29 is 9.59 Å². The number of imidazole rings is 1. The van der Waals surface area contributed by atoms with Crippen LogP contribution in [0.2, 0.25) is 0 Å². The van der Waals surface area contributed by atoms with Gasteiger partial charge in [-0.25, -0.2) is 4.98 Å². The summed E-state index contributed by atoms with van der Waals surface area (Å²) in [4.78, 5) is 35.7. The average molecular weight is 449 g/mol. The highest BCUT2D eigenvalue weighted by molar-refractivity contribution is 7.99. The van der Waals surface area contributed by atoms with E-state index < -0.39 is 0 Å². The third-order valence-corrected chi connectivity index (χ3v) is 7.23. The fourth-order valence-electron chi connectivity index (χ4n) is 4.05. The summed E-state index contributed by atoms with van der Waals surface area (Å²) in [5.41, 5.74) is 8.26. The second kappa shape index (κ2) is 9.83. The first kappa shape index (κ1) is 23.9. The molecule has 1 fully saturated rings. The quantitative estimate of drug-likeness (QED) is 0.458. The van der Waals surface area contributed by atoms with Crippen LogP contribution in [0.5, 0.6) is 0 Å². The van der Waals surface area contributed by atoms with Gasteiger partial charge in [-0.3, -0.25) is 14.6 Å². The van der Waals surface area contributed by atoms with Gasteiger partial charge in [-0.15, -0.1) is 0 Å². The van der Waals surface area contributed by atoms with Crippen molar-refractivity contribution in [1.29, 1.82) is 0 Å². The minimum absolute atomic E-state index is 0.0153. The van der Waals surface area contributed by atoms with Crippen LogP contribution in [0.25, 0.3) is 0 Å². The molecule has 3 N–H and O–H groups in total. The van der Waals surface area contributed by atoms with E-state index >= 15 is 0 Å². The number of carbonyl (C=O) groups is 2. The number of nitrogens with zero attached hydrogens (tertiary/aromatic N) is 4.